The Morgan fingerprint density at radius 1 is 1.11 bits per heavy atom. The smallest absolute Gasteiger partial charge is 0.227 e. The maximum atomic E-state index is 12.4. The second-order valence-corrected chi connectivity index (χ2v) is 7.26. The number of rotatable bonds is 8. The third-order valence-electron chi connectivity index (χ3n) is 4.70. The summed E-state index contributed by atoms with van der Waals surface area (Å²) >= 11 is 0. The number of amides is 2. The fourth-order valence-electron chi connectivity index (χ4n) is 3.20. The third-order valence-corrected chi connectivity index (χ3v) is 4.70. The van der Waals surface area contributed by atoms with Crippen LogP contribution < -0.4 is 15.0 Å². The third kappa shape index (κ3) is 5.33. The maximum Gasteiger partial charge on any atom is 0.227 e. The topological polar surface area (TPSA) is 61.9 Å². The molecular weight excluding hydrogens is 354 g/mol. The Balaban J connectivity index is 1.54. The van der Waals surface area contributed by atoms with E-state index in [4.69, 9.17) is 4.74 Å². The summed E-state index contributed by atoms with van der Waals surface area (Å²) < 4.78 is 5.78. The van der Waals surface area contributed by atoms with E-state index < -0.39 is 0 Å². The van der Waals surface area contributed by atoms with Gasteiger partial charge < -0.3 is 19.9 Å². The van der Waals surface area contributed by atoms with Crippen LogP contribution in [0.25, 0.3) is 0 Å². The molecule has 2 aromatic rings. The molecule has 2 amide bonds. The zero-order chi connectivity index (χ0) is 19.9. The predicted molar refractivity (Wildman–Crippen MR) is 110 cm³/mol. The number of nitrogens with zero attached hydrogens (tertiary/aromatic N) is 2. The molecule has 28 heavy (non-hydrogen) atoms. The second-order valence-electron chi connectivity index (χ2n) is 7.26. The van der Waals surface area contributed by atoms with Gasteiger partial charge in [0.2, 0.25) is 11.8 Å². The van der Waals surface area contributed by atoms with Crippen LogP contribution in [-0.2, 0) is 9.59 Å². The van der Waals surface area contributed by atoms with Crippen LogP contribution in [0.2, 0.25) is 0 Å². The van der Waals surface area contributed by atoms with E-state index in [9.17, 15) is 9.59 Å². The van der Waals surface area contributed by atoms with Crippen molar-refractivity contribution in [3.8, 4) is 11.5 Å². The van der Waals surface area contributed by atoms with Crippen molar-refractivity contribution in [2.75, 3.05) is 38.6 Å². The molecule has 0 radical (unpaired) electrons. The highest BCUT2D eigenvalue weighted by Crippen LogP contribution is 2.28. The molecule has 0 aromatic heterocycles. The van der Waals surface area contributed by atoms with Gasteiger partial charge in [0.1, 0.15) is 11.5 Å². The number of para-hydroxylation sites is 1. The van der Waals surface area contributed by atoms with Crippen LogP contribution in [0, 0.1) is 5.92 Å². The molecule has 1 saturated heterocycles. The highest BCUT2D eigenvalue weighted by molar-refractivity contribution is 6.00. The normalized spacial score (nSPS) is 16.5. The summed E-state index contributed by atoms with van der Waals surface area (Å²) in [6.45, 7) is 1.97. The number of carbonyl (C=O) groups is 2. The molecule has 6 nitrogen and oxygen atoms in total. The lowest BCUT2D eigenvalue weighted by molar-refractivity contribution is -0.126. The first-order chi connectivity index (χ1) is 13.5. The molecule has 1 aliphatic heterocycles. The number of ether oxygens (including phenoxy) is 1. The standard InChI is InChI=1S/C22H27N3O3/c1-24(2)14-6-13-23-22(27)17-15-21(26)25(16-17)18-9-11-20(12-10-18)28-19-7-4-3-5-8-19/h3-5,7-12,17H,6,13-16H2,1-2H3,(H,23,27). The Bertz CT molecular complexity index is 790. The average molecular weight is 381 g/mol. The number of nitrogens with one attached hydrogen (secondary N) is 1. The maximum absolute atomic E-state index is 12.4. The van der Waals surface area contributed by atoms with Crippen molar-refractivity contribution >= 4 is 17.5 Å². The predicted octanol–water partition coefficient (Wildman–Crippen LogP) is 2.90. The number of benzene rings is 2. The minimum Gasteiger partial charge on any atom is -0.457 e. The fourth-order valence-corrected chi connectivity index (χ4v) is 3.20. The van der Waals surface area contributed by atoms with Gasteiger partial charge in [-0.15, -0.1) is 0 Å². The van der Waals surface area contributed by atoms with E-state index in [1.165, 1.54) is 0 Å². The monoisotopic (exact) mass is 381 g/mol. The van der Waals surface area contributed by atoms with E-state index in [1.54, 1.807) is 4.90 Å². The molecular formula is C22H27N3O3. The van der Waals surface area contributed by atoms with Gasteiger partial charge in [-0.05, 0) is 63.5 Å². The summed E-state index contributed by atoms with van der Waals surface area (Å²) in [6, 6.07) is 16.9. The quantitative estimate of drug-likeness (QED) is 0.715. The first kappa shape index (κ1) is 19.9. The summed E-state index contributed by atoms with van der Waals surface area (Å²) in [5.41, 5.74) is 0.785. The van der Waals surface area contributed by atoms with Crippen molar-refractivity contribution in [2.45, 2.75) is 12.8 Å². The van der Waals surface area contributed by atoms with Crippen LogP contribution in [0.4, 0.5) is 5.69 Å². The zero-order valence-corrected chi connectivity index (χ0v) is 16.4. The van der Waals surface area contributed by atoms with Crippen LogP contribution in [0.1, 0.15) is 12.8 Å². The molecule has 0 bridgehead atoms. The lowest BCUT2D eigenvalue weighted by Crippen LogP contribution is -2.34. The highest BCUT2D eigenvalue weighted by atomic mass is 16.5. The second kappa shape index (κ2) is 9.37. The Kier molecular flexibility index (Phi) is 6.66. The summed E-state index contributed by atoms with van der Waals surface area (Å²) in [7, 11) is 4.01. The molecule has 1 heterocycles. The molecule has 2 aromatic carbocycles. The molecule has 1 N–H and O–H groups in total. The lowest BCUT2D eigenvalue weighted by Gasteiger charge is -2.17. The van der Waals surface area contributed by atoms with Crippen molar-refractivity contribution in [1.29, 1.82) is 0 Å². The summed E-state index contributed by atoms with van der Waals surface area (Å²) in [5, 5.41) is 2.94. The van der Waals surface area contributed by atoms with E-state index in [2.05, 4.69) is 10.2 Å². The zero-order valence-electron chi connectivity index (χ0n) is 16.4. The molecule has 1 aliphatic rings. The average Bonchev–Trinajstić information content (AvgIpc) is 3.08. The van der Waals surface area contributed by atoms with Crippen molar-refractivity contribution in [3.05, 3.63) is 54.6 Å². The van der Waals surface area contributed by atoms with Gasteiger partial charge in [-0.1, -0.05) is 18.2 Å². The largest absolute Gasteiger partial charge is 0.457 e. The summed E-state index contributed by atoms with van der Waals surface area (Å²) in [6.07, 6.45) is 1.15. The minimum atomic E-state index is -0.299. The molecule has 1 atom stereocenters. The molecule has 0 saturated carbocycles. The first-order valence-corrected chi connectivity index (χ1v) is 9.58. The van der Waals surface area contributed by atoms with Crippen LogP contribution in [0.5, 0.6) is 11.5 Å². The van der Waals surface area contributed by atoms with E-state index >= 15 is 0 Å². The fraction of sp³-hybridized carbons (Fsp3) is 0.364. The molecule has 1 fully saturated rings. The molecule has 6 heteroatoms. The van der Waals surface area contributed by atoms with E-state index in [1.807, 2.05) is 68.7 Å². The van der Waals surface area contributed by atoms with E-state index in [0.29, 0.717) is 18.8 Å². The van der Waals surface area contributed by atoms with Gasteiger partial charge in [0.15, 0.2) is 0 Å². The first-order valence-electron chi connectivity index (χ1n) is 9.58. The van der Waals surface area contributed by atoms with Crippen molar-refractivity contribution in [3.63, 3.8) is 0 Å². The van der Waals surface area contributed by atoms with Gasteiger partial charge in [0.05, 0.1) is 5.92 Å². The molecule has 148 valence electrons. The Hall–Kier alpha value is -2.86. The summed E-state index contributed by atoms with van der Waals surface area (Å²) in [4.78, 5) is 28.5. The van der Waals surface area contributed by atoms with Gasteiger partial charge in [-0.2, -0.15) is 0 Å². The van der Waals surface area contributed by atoms with E-state index in [-0.39, 0.29) is 24.2 Å². The number of hydrogen-bond acceptors (Lipinski definition) is 4. The molecule has 3 rings (SSSR count). The number of carbonyl (C=O) groups excluding carboxylic acids is 2. The minimum absolute atomic E-state index is 0.0230. The molecule has 1 unspecified atom stereocenters. The van der Waals surface area contributed by atoms with Gasteiger partial charge in [-0.3, -0.25) is 9.59 Å². The highest BCUT2D eigenvalue weighted by Gasteiger charge is 2.34. The summed E-state index contributed by atoms with van der Waals surface area (Å²) in [5.74, 6) is 1.10. The number of hydrogen-bond donors (Lipinski definition) is 1. The molecule has 0 aliphatic carbocycles. The van der Waals surface area contributed by atoms with E-state index in [0.717, 1.165) is 24.4 Å². The van der Waals surface area contributed by atoms with Gasteiger partial charge in [-0.25, -0.2) is 0 Å². The Labute approximate surface area is 166 Å². The van der Waals surface area contributed by atoms with Crippen molar-refractivity contribution < 1.29 is 14.3 Å². The molecule has 0 spiro atoms. The van der Waals surface area contributed by atoms with Gasteiger partial charge in [0.25, 0.3) is 0 Å². The van der Waals surface area contributed by atoms with Crippen LogP contribution in [0.15, 0.2) is 54.6 Å². The Morgan fingerprint density at radius 3 is 2.46 bits per heavy atom. The van der Waals surface area contributed by atoms with Crippen molar-refractivity contribution in [1.82, 2.24) is 10.2 Å². The van der Waals surface area contributed by atoms with Crippen molar-refractivity contribution in [2.24, 2.45) is 5.92 Å². The SMILES string of the molecule is CN(C)CCCNC(=O)C1CC(=O)N(c2ccc(Oc3ccccc3)cc2)C1. The Morgan fingerprint density at radius 2 is 1.79 bits per heavy atom. The van der Waals surface area contributed by atoms with Crippen LogP contribution in [-0.4, -0.2) is 50.4 Å². The lowest BCUT2D eigenvalue weighted by atomic mass is 10.1. The number of anilines is 1. The van der Waals surface area contributed by atoms with Gasteiger partial charge in [0, 0.05) is 25.2 Å². The van der Waals surface area contributed by atoms with Crippen LogP contribution >= 0.6 is 0 Å². The van der Waals surface area contributed by atoms with Crippen LogP contribution in [0.3, 0.4) is 0 Å². The van der Waals surface area contributed by atoms with Gasteiger partial charge >= 0.3 is 0 Å².